The summed E-state index contributed by atoms with van der Waals surface area (Å²) in [6.45, 7) is 2.16. The lowest BCUT2D eigenvalue weighted by Crippen LogP contribution is -2.53. The van der Waals surface area contributed by atoms with E-state index in [4.69, 9.17) is 4.74 Å². The molecule has 1 aromatic rings. The molecule has 0 aliphatic carbocycles. The van der Waals surface area contributed by atoms with E-state index in [0.29, 0.717) is 36.9 Å². The summed E-state index contributed by atoms with van der Waals surface area (Å²) in [4.78, 5) is 41.6. The van der Waals surface area contributed by atoms with Crippen LogP contribution in [0.25, 0.3) is 0 Å². The lowest BCUT2D eigenvalue weighted by Gasteiger charge is -2.39. The summed E-state index contributed by atoms with van der Waals surface area (Å²) >= 11 is 3.32. The van der Waals surface area contributed by atoms with Crippen LogP contribution in [0.15, 0.2) is 16.6 Å². The van der Waals surface area contributed by atoms with Gasteiger partial charge in [0, 0.05) is 62.3 Å². The van der Waals surface area contributed by atoms with Crippen LogP contribution in [0.4, 0.5) is 20.2 Å². The number of piperidine rings is 3. The van der Waals surface area contributed by atoms with Gasteiger partial charge in [0.2, 0.25) is 5.91 Å². The molecule has 39 heavy (non-hydrogen) atoms. The maximum absolute atomic E-state index is 13.9. The highest BCUT2D eigenvalue weighted by molar-refractivity contribution is 9.10. The lowest BCUT2D eigenvalue weighted by molar-refractivity contribution is -0.384. The van der Waals surface area contributed by atoms with Crippen molar-refractivity contribution in [3.63, 3.8) is 0 Å². The first-order valence-electron chi connectivity index (χ1n) is 13.6. The topological polar surface area (TPSA) is 117 Å². The smallest absolute Gasteiger partial charge is 0.294 e. The first-order chi connectivity index (χ1) is 18.6. The van der Waals surface area contributed by atoms with Crippen LogP contribution in [0.1, 0.15) is 55.3 Å². The Morgan fingerprint density at radius 1 is 1.15 bits per heavy atom. The molecule has 214 valence electrons. The SMILES string of the molecule is O=C(c1cc(Br)cc([N+](=O)[O-])c1N[C@@H]1CCCN(C(=O)C2CNCC(F)(F)C2)C1)N1CCC2(CCCO2)CC1. The number of nitrogens with zero attached hydrogens (tertiary/aromatic N) is 3. The fourth-order valence-corrected chi connectivity index (χ4v) is 6.81. The Labute approximate surface area is 234 Å². The second kappa shape index (κ2) is 11.2. The minimum absolute atomic E-state index is 0.121. The van der Waals surface area contributed by atoms with E-state index in [-0.39, 0.29) is 53.5 Å². The molecule has 0 aromatic heterocycles. The van der Waals surface area contributed by atoms with Crippen LogP contribution < -0.4 is 10.6 Å². The van der Waals surface area contributed by atoms with Crippen LogP contribution in [0.5, 0.6) is 0 Å². The summed E-state index contributed by atoms with van der Waals surface area (Å²) in [6.07, 6.45) is 4.19. The first-order valence-corrected chi connectivity index (χ1v) is 14.4. The zero-order valence-corrected chi connectivity index (χ0v) is 23.3. The Balaban J connectivity index is 1.33. The number of hydrogen-bond acceptors (Lipinski definition) is 7. The molecule has 2 N–H and O–H groups in total. The summed E-state index contributed by atoms with van der Waals surface area (Å²) in [7, 11) is 0. The lowest BCUT2D eigenvalue weighted by atomic mass is 9.88. The van der Waals surface area contributed by atoms with Crippen molar-refractivity contribution < 1.29 is 28.0 Å². The van der Waals surface area contributed by atoms with Crippen molar-refractivity contribution in [2.45, 2.75) is 62.5 Å². The maximum atomic E-state index is 13.9. The van der Waals surface area contributed by atoms with Crippen molar-refractivity contribution in [3.05, 3.63) is 32.3 Å². The second-order valence-corrected chi connectivity index (χ2v) is 12.1. The van der Waals surface area contributed by atoms with E-state index in [9.17, 15) is 28.5 Å². The van der Waals surface area contributed by atoms with Gasteiger partial charge in [-0.15, -0.1) is 0 Å². The zero-order chi connectivity index (χ0) is 27.8. The molecule has 0 saturated carbocycles. The van der Waals surface area contributed by atoms with Crippen LogP contribution in [0, 0.1) is 16.0 Å². The fourth-order valence-electron chi connectivity index (χ4n) is 6.36. The Bertz CT molecular complexity index is 1120. The number of nitro benzene ring substituents is 1. The third-order valence-corrected chi connectivity index (χ3v) is 8.86. The number of benzene rings is 1. The van der Waals surface area contributed by atoms with E-state index in [1.165, 1.54) is 6.07 Å². The van der Waals surface area contributed by atoms with Crippen LogP contribution >= 0.6 is 15.9 Å². The molecular formula is C26H34BrF2N5O5. The largest absolute Gasteiger partial charge is 0.375 e. The molecule has 1 spiro atoms. The Morgan fingerprint density at radius 2 is 1.92 bits per heavy atom. The van der Waals surface area contributed by atoms with Gasteiger partial charge in [0.15, 0.2) is 0 Å². The van der Waals surface area contributed by atoms with E-state index in [2.05, 4.69) is 26.6 Å². The van der Waals surface area contributed by atoms with E-state index < -0.39 is 29.7 Å². The minimum Gasteiger partial charge on any atom is -0.375 e. The van der Waals surface area contributed by atoms with E-state index >= 15 is 0 Å². The van der Waals surface area contributed by atoms with Gasteiger partial charge in [-0.1, -0.05) is 15.9 Å². The van der Waals surface area contributed by atoms with Gasteiger partial charge in [0.05, 0.1) is 28.6 Å². The Morgan fingerprint density at radius 3 is 2.59 bits per heavy atom. The predicted octanol–water partition coefficient (Wildman–Crippen LogP) is 3.79. The second-order valence-electron chi connectivity index (χ2n) is 11.2. The molecule has 4 fully saturated rings. The highest BCUT2D eigenvalue weighted by Gasteiger charge is 2.42. The van der Waals surface area contributed by atoms with Crippen LogP contribution in [0.3, 0.4) is 0 Å². The van der Waals surface area contributed by atoms with Gasteiger partial charge in [0.25, 0.3) is 17.5 Å². The van der Waals surface area contributed by atoms with Gasteiger partial charge in [-0.25, -0.2) is 8.78 Å². The van der Waals surface area contributed by atoms with Gasteiger partial charge in [-0.05, 0) is 44.6 Å². The van der Waals surface area contributed by atoms with E-state index in [1.807, 2.05) is 0 Å². The van der Waals surface area contributed by atoms with Gasteiger partial charge in [0.1, 0.15) is 5.69 Å². The number of anilines is 1. The molecule has 4 saturated heterocycles. The van der Waals surface area contributed by atoms with Gasteiger partial charge in [-0.2, -0.15) is 0 Å². The van der Waals surface area contributed by atoms with Crippen LogP contribution in [0.2, 0.25) is 0 Å². The molecule has 13 heteroatoms. The summed E-state index contributed by atoms with van der Waals surface area (Å²) in [5.41, 5.74) is -0.0913. The molecule has 4 aliphatic heterocycles. The number of nitrogens with one attached hydrogen (secondary N) is 2. The number of halogens is 3. The van der Waals surface area contributed by atoms with Gasteiger partial charge < -0.3 is 25.2 Å². The van der Waals surface area contributed by atoms with Gasteiger partial charge >= 0.3 is 0 Å². The molecule has 1 aromatic carbocycles. The summed E-state index contributed by atoms with van der Waals surface area (Å²) in [5.74, 6) is -4.39. The monoisotopic (exact) mass is 613 g/mol. The number of amides is 2. The summed E-state index contributed by atoms with van der Waals surface area (Å²) in [5, 5.41) is 17.9. The Hall–Kier alpha value is -2.38. The zero-order valence-electron chi connectivity index (χ0n) is 21.7. The summed E-state index contributed by atoms with van der Waals surface area (Å²) in [6, 6.07) is 2.58. The number of likely N-dealkylation sites (tertiary alicyclic amines) is 2. The van der Waals surface area contributed by atoms with Crippen molar-refractivity contribution in [1.82, 2.24) is 15.1 Å². The number of rotatable bonds is 5. The van der Waals surface area contributed by atoms with Gasteiger partial charge in [-0.3, -0.25) is 19.7 Å². The van der Waals surface area contributed by atoms with Crippen molar-refractivity contribution in [2.75, 3.05) is 51.2 Å². The highest BCUT2D eigenvalue weighted by Crippen LogP contribution is 2.39. The third kappa shape index (κ3) is 6.19. The van der Waals surface area contributed by atoms with Crippen molar-refractivity contribution in [2.24, 2.45) is 5.92 Å². The van der Waals surface area contributed by atoms with Crippen molar-refractivity contribution >= 4 is 39.1 Å². The quantitative estimate of drug-likeness (QED) is 0.383. The normalized spacial score (nSPS) is 26.4. The van der Waals surface area contributed by atoms with E-state index in [1.54, 1.807) is 15.9 Å². The van der Waals surface area contributed by atoms with Crippen LogP contribution in [-0.2, 0) is 9.53 Å². The predicted molar refractivity (Wildman–Crippen MR) is 143 cm³/mol. The maximum Gasteiger partial charge on any atom is 0.294 e. The van der Waals surface area contributed by atoms with E-state index in [0.717, 1.165) is 32.3 Å². The van der Waals surface area contributed by atoms with Crippen molar-refractivity contribution in [1.29, 1.82) is 0 Å². The Kier molecular flexibility index (Phi) is 8.12. The standard InChI is InChI=1S/C26H34BrF2N5O5/c27-18-11-20(24(36)32-8-5-25(6-9-32)4-2-10-39-25)22(21(12-18)34(37)38)31-19-3-1-7-33(15-19)23(35)17-13-26(28,29)16-30-14-17/h11-12,17,19,30-31H,1-10,13-16H2/t17?,19-/m1/s1. The molecule has 0 bridgehead atoms. The number of hydrogen-bond donors (Lipinski definition) is 2. The molecule has 0 radical (unpaired) electrons. The molecule has 4 aliphatic rings. The minimum atomic E-state index is -2.93. The fraction of sp³-hybridized carbons (Fsp3) is 0.692. The molecule has 2 amide bonds. The number of nitro groups is 1. The highest BCUT2D eigenvalue weighted by atomic mass is 79.9. The molecule has 10 nitrogen and oxygen atoms in total. The van der Waals surface area contributed by atoms with Crippen molar-refractivity contribution in [3.8, 4) is 0 Å². The molecule has 1 unspecified atom stereocenters. The number of alkyl halides is 2. The number of ether oxygens (including phenoxy) is 1. The third-order valence-electron chi connectivity index (χ3n) is 8.41. The van der Waals surface area contributed by atoms with Crippen LogP contribution in [-0.4, -0.2) is 90.0 Å². The molecule has 2 atom stereocenters. The number of carbonyl (C=O) groups excluding carboxylic acids is 2. The molecule has 4 heterocycles. The average Bonchev–Trinajstić information content (AvgIpc) is 3.36. The first kappa shape index (κ1) is 28.2. The molecular weight excluding hydrogens is 580 g/mol. The number of carbonyl (C=O) groups is 2. The summed E-state index contributed by atoms with van der Waals surface area (Å²) < 4.78 is 34.2. The molecule has 5 rings (SSSR count). The average molecular weight is 614 g/mol.